The van der Waals surface area contributed by atoms with Crippen molar-refractivity contribution in [1.82, 2.24) is 0 Å². The van der Waals surface area contributed by atoms with Crippen LogP contribution in [0.2, 0.25) is 0 Å². The van der Waals surface area contributed by atoms with E-state index in [2.05, 4.69) is 24.2 Å². The molecule has 6 rings (SSSR count). The number of aromatic hydroxyl groups is 2. The summed E-state index contributed by atoms with van der Waals surface area (Å²) in [6.07, 6.45) is 11.3. The summed E-state index contributed by atoms with van der Waals surface area (Å²) in [6.45, 7) is 0.359. The number of fused-ring (bicyclic) bond motifs is 9. The Kier molecular flexibility index (Phi) is 11.2. The summed E-state index contributed by atoms with van der Waals surface area (Å²) in [7, 11) is 1.62. The minimum atomic E-state index is -0.280. The lowest BCUT2D eigenvalue weighted by Gasteiger charge is -2.15. The Hall–Kier alpha value is -4.63. The number of hydrogen-bond donors (Lipinski definition) is 2. The molecular formula is C39H42O6. The second kappa shape index (κ2) is 15.9. The minimum absolute atomic E-state index is 0.143. The van der Waals surface area contributed by atoms with Gasteiger partial charge in [-0.1, -0.05) is 61.6 Å². The van der Waals surface area contributed by atoms with Gasteiger partial charge in [-0.3, -0.25) is 4.79 Å². The normalized spacial score (nSPS) is 15.3. The van der Waals surface area contributed by atoms with E-state index < -0.39 is 0 Å². The van der Waals surface area contributed by atoms with Crippen LogP contribution in [0.1, 0.15) is 73.6 Å². The van der Waals surface area contributed by atoms with Crippen molar-refractivity contribution in [2.75, 3.05) is 7.11 Å². The number of methoxy groups -OCH3 is 1. The molecule has 6 heteroatoms. The van der Waals surface area contributed by atoms with Crippen LogP contribution >= 0.6 is 0 Å². The van der Waals surface area contributed by atoms with E-state index >= 15 is 0 Å². The van der Waals surface area contributed by atoms with Gasteiger partial charge in [-0.05, 0) is 96.0 Å². The Morgan fingerprint density at radius 2 is 1.73 bits per heavy atom. The van der Waals surface area contributed by atoms with Gasteiger partial charge in [0, 0.05) is 24.8 Å². The van der Waals surface area contributed by atoms with Gasteiger partial charge in [0.05, 0.1) is 7.11 Å². The van der Waals surface area contributed by atoms with Crippen molar-refractivity contribution in [3.8, 4) is 35.0 Å². The summed E-state index contributed by atoms with van der Waals surface area (Å²) in [5.41, 5.74) is 3.92. The van der Waals surface area contributed by atoms with E-state index in [-0.39, 0.29) is 17.6 Å². The molecule has 45 heavy (non-hydrogen) atoms. The molecule has 0 radical (unpaired) electrons. The topological polar surface area (TPSA) is 85.2 Å². The highest BCUT2D eigenvalue weighted by Gasteiger charge is 2.16. The van der Waals surface area contributed by atoms with Gasteiger partial charge in [-0.15, -0.1) is 0 Å². The van der Waals surface area contributed by atoms with Gasteiger partial charge in [0.25, 0.3) is 0 Å². The summed E-state index contributed by atoms with van der Waals surface area (Å²) in [5.74, 6) is 5.03. The SMILES string of the molecule is COc1ccc2cc1OCc1ccc3c(c(O)ccc3c1)CC#CO[C@@H](CCCCCCCc1cccc(O)c1)CC(=O)CC2. The Bertz CT molecular complexity index is 1660. The molecule has 6 bridgehead atoms. The van der Waals surface area contributed by atoms with E-state index in [1.807, 2.05) is 48.5 Å². The van der Waals surface area contributed by atoms with E-state index in [1.165, 1.54) is 0 Å². The summed E-state index contributed by atoms with van der Waals surface area (Å²) < 4.78 is 17.7. The summed E-state index contributed by atoms with van der Waals surface area (Å²) in [5, 5.41) is 22.2. The van der Waals surface area contributed by atoms with Crippen LogP contribution in [0, 0.1) is 12.0 Å². The summed E-state index contributed by atoms with van der Waals surface area (Å²) in [4.78, 5) is 13.1. The third-order valence-electron chi connectivity index (χ3n) is 8.41. The molecule has 6 nitrogen and oxygen atoms in total. The largest absolute Gasteiger partial charge is 0.508 e. The van der Waals surface area contributed by atoms with Crippen LogP contribution in [-0.2, 0) is 35.4 Å². The fourth-order valence-electron chi connectivity index (χ4n) is 5.89. The molecule has 0 fully saturated rings. The molecule has 0 saturated carbocycles. The molecule has 2 aliphatic rings. The minimum Gasteiger partial charge on any atom is -0.508 e. The van der Waals surface area contributed by atoms with E-state index in [4.69, 9.17) is 14.2 Å². The van der Waals surface area contributed by atoms with Crippen molar-refractivity contribution in [2.24, 2.45) is 0 Å². The number of phenolic OH excluding ortho intramolecular Hbond substituents is 2. The van der Waals surface area contributed by atoms with Crippen LogP contribution in [0.5, 0.6) is 23.0 Å². The van der Waals surface area contributed by atoms with Gasteiger partial charge < -0.3 is 24.4 Å². The van der Waals surface area contributed by atoms with Gasteiger partial charge in [0.1, 0.15) is 36.1 Å². The Morgan fingerprint density at radius 1 is 0.889 bits per heavy atom. The number of rotatable bonds is 9. The number of hydrogen-bond acceptors (Lipinski definition) is 6. The van der Waals surface area contributed by atoms with Gasteiger partial charge in [0.2, 0.25) is 0 Å². The molecule has 2 heterocycles. The van der Waals surface area contributed by atoms with Crippen molar-refractivity contribution in [3.05, 3.63) is 95.1 Å². The lowest BCUT2D eigenvalue weighted by atomic mass is 9.99. The second-order valence-corrected chi connectivity index (χ2v) is 11.8. The van der Waals surface area contributed by atoms with Crippen LogP contribution in [0.15, 0.2) is 72.8 Å². The number of Topliss-reactive ketones (excluding diaryl/α,β-unsaturated/α-hetero) is 1. The molecular weight excluding hydrogens is 564 g/mol. The molecule has 0 amide bonds. The lowest BCUT2D eigenvalue weighted by molar-refractivity contribution is -0.121. The zero-order chi connectivity index (χ0) is 31.4. The first kappa shape index (κ1) is 31.8. The number of carbonyl (C=O) groups is 1. The quantitative estimate of drug-likeness (QED) is 0.148. The lowest BCUT2D eigenvalue weighted by Crippen LogP contribution is -2.16. The third kappa shape index (κ3) is 9.18. The molecule has 0 aliphatic carbocycles. The van der Waals surface area contributed by atoms with Crippen molar-refractivity contribution in [1.29, 1.82) is 0 Å². The fraction of sp³-hybridized carbons (Fsp3) is 0.359. The van der Waals surface area contributed by atoms with Crippen molar-refractivity contribution in [3.63, 3.8) is 0 Å². The number of carbonyl (C=O) groups excluding carboxylic acids is 1. The zero-order valence-electron chi connectivity index (χ0n) is 26.0. The van der Waals surface area contributed by atoms with Crippen molar-refractivity contribution < 1.29 is 29.2 Å². The first-order chi connectivity index (χ1) is 22.0. The van der Waals surface area contributed by atoms with Crippen LogP contribution in [-0.4, -0.2) is 29.2 Å². The monoisotopic (exact) mass is 606 g/mol. The number of aryl methyl sites for hydroxylation is 2. The first-order valence-corrected chi connectivity index (χ1v) is 15.9. The maximum atomic E-state index is 13.1. The van der Waals surface area contributed by atoms with Gasteiger partial charge >= 0.3 is 0 Å². The highest BCUT2D eigenvalue weighted by molar-refractivity contribution is 5.88. The Morgan fingerprint density at radius 3 is 2.60 bits per heavy atom. The van der Waals surface area contributed by atoms with E-state index in [9.17, 15) is 15.0 Å². The maximum Gasteiger partial charge on any atom is 0.161 e. The third-order valence-corrected chi connectivity index (χ3v) is 8.41. The first-order valence-electron chi connectivity index (χ1n) is 15.9. The number of phenols is 2. The average molecular weight is 607 g/mol. The molecule has 0 saturated heterocycles. The molecule has 4 aromatic carbocycles. The molecule has 0 spiro atoms. The number of ether oxygens (including phenoxy) is 3. The van der Waals surface area contributed by atoms with Gasteiger partial charge in [-0.2, -0.15) is 0 Å². The van der Waals surface area contributed by atoms with Crippen LogP contribution in [0.3, 0.4) is 0 Å². The smallest absolute Gasteiger partial charge is 0.161 e. The predicted molar refractivity (Wildman–Crippen MR) is 177 cm³/mol. The van der Waals surface area contributed by atoms with E-state index in [0.29, 0.717) is 49.5 Å². The van der Waals surface area contributed by atoms with Crippen LogP contribution in [0.25, 0.3) is 10.8 Å². The second-order valence-electron chi connectivity index (χ2n) is 11.8. The number of ketones is 1. The summed E-state index contributed by atoms with van der Waals surface area (Å²) in [6, 6.07) is 22.9. The molecule has 0 aromatic heterocycles. The highest BCUT2D eigenvalue weighted by Crippen LogP contribution is 2.32. The molecule has 0 unspecified atom stereocenters. The predicted octanol–water partition coefficient (Wildman–Crippen LogP) is 8.22. The van der Waals surface area contributed by atoms with Crippen LogP contribution in [0.4, 0.5) is 0 Å². The van der Waals surface area contributed by atoms with E-state index in [1.54, 1.807) is 19.2 Å². The molecule has 2 N–H and O–H groups in total. The maximum absolute atomic E-state index is 13.1. The van der Waals surface area contributed by atoms with Crippen molar-refractivity contribution in [2.45, 2.75) is 83.3 Å². The summed E-state index contributed by atoms with van der Waals surface area (Å²) >= 11 is 0. The molecule has 234 valence electrons. The number of unbranched alkanes of at least 4 members (excludes halogenated alkanes) is 4. The Labute approximate surface area is 266 Å². The molecule has 2 aliphatic heterocycles. The highest BCUT2D eigenvalue weighted by atomic mass is 16.5. The van der Waals surface area contributed by atoms with Gasteiger partial charge in [0.15, 0.2) is 11.5 Å². The average Bonchev–Trinajstić information content (AvgIpc) is 3.04. The van der Waals surface area contributed by atoms with Crippen LogP contribution < -0.4 is 9.47 Å². The fourth-order valence-corrected chi connectivity index (χ4v) is 5.89. The number of benzene rings is 4. The Balaban J connectivity index is 1.26. The molecule has 4 aromatic rings. The van der Waals surface area contributed by atoms with Crippen molar-refractivity contribution >= 4 is 16.6 Å². The molecule has 1 atom stereocenters. The zero-order valence-corrected chi connectivity index (χ0v) is 26.0. The van der Waals surface area contributed by atoms with Gasteiger partial charge in [-0.25, -0.2) is 0 Å². The van der Waals surface area contributed by atoms with E-state index in [0.717, 1.165) is 78.0 Å². The standard InChI is InChI=1S/C39H42O6/c1-43-38-21-16-29-14-18-33(41)26-34(12-6-4-2-3-5-9-28-10-7-11-32(40)24-28)44-22-8-13-36-35-19-15-30(27-45-39(38)25-29)23-31(35)17-20-37(36)42/h7,10-11,15-17,19-21,23-25,34,40,42H,2-6,9,12-14,18,26-27H2,1H3/t34-/m0/s1.